The van der Waals surface area contributed by atoms with E-state index in [1.807, 2.05) is 18.2 Å². The lowest BCUT2D eigenvalue weighted by Crippen LogP contribution is -2.31. The SMILES string of the molecule is COc1cc2cc(CCNC(=O)Nc3ccccc3)c(=O)[nH]c2cc1Cl. The zero-order valence-corrected chi connectivity index (χ0v) is 14.9. The number of ether oxygens (including phenoxy) is 1. The van der Waals surface area contributed by atoms with E-state index in [-0.39, 0.29) is 11.6 Å². The molecular weight excluding hydrogens is 354 g/mol. The summed E-state index contributed by atoms with van der Waals surface area (Å²) in [5.41, 5.74) is 1.71. The molecule has 3 rings (SSSR count). The van der Waals surface area contributed by atoms with Crippen molar-refractivity contribution in [3.8, 4) is 5.75 Å². The largest absolute Gasteiger partial charge is 0.495 e. The summed E-state index contributed by atoms with van der Waals surface area (Å²) in [4.78, 5) is 26.9. The molecule has 0 aliphatic heterocycles. The van der Waals surface area contributed by atoms with E-state index in [1.165, 1.54) is 7.11 Å². The number of benzene rings is 2. The number of rotatable bonds is 5. The molecule has 0 bridgehead atoms. The van der Waals surface area contributed by atoms with E-state index < -0.39 is 0 Å². The zero-order chi connectivity index (χ0) is 18.5. The first-order chi connectivity index (χ1) is 12.6. The van der Waals surface area contributed by atoms with Crippen LogP contribution in [-0.4, -0.2) is 24.7 Å². The van der Waals surface area contributed by atoms with Gasteiger partial charge in [0.15, 0.2) is 0 Å². The van der Waals surface area contributed by atoms with Crippen LogP contribution >= 0.6 is 11.6 Å². The molecule has 7 heteroatoms. The van der Waals surface area contributed by atoms with Gasteiger partial charge in [-0.05, 0) is 36.8 Å². The highest BCUT2D eigenvalue weighted by Gasteiger charge is 2.08. The number of halogens is 1. The van der Waals surface area contributed by atoms with Crippen molar-refractivity contribution in [3.63, 3.8) is 0 Å². The van der Waals surface area contributed by atoms with Crippen molar-refractivity contribution in [2.75, 3.05) is 19.0 Å². The first kappa shape index (κ1) is 17.8. The number of pyridine rings is 1. The van der Waals surface area contributed by atoms with E-state index in [2.05, 4.69) is 15.6 Å². The number of aromatic nitrogens is 1. The van der Waals surface area contributed by atoms with Gasteiger partial charge in [-0.3, -0.25) is 4.79 Å². The Morgan fingerprint density at radius 1 is 1.19 bits per heavy atom. The summed E-state index contributed by atoms with van der Waals surface area (Å²) < 4.78 is 5.20. The van der Waals surface area contributed by atoms with Crippen LogP contribution < -0.4 is 20.9 Å². The minimum Gasteiger partial charge on any atom is -0.495 e. The Bertz CT molecular complexity index is 986. The van der Waals surface area contributed by atoms with E-state index in [4.69, 9.17) is 16.3 Å². The van der Waals surface area contributed by atoms with E-state index in [9.17, 15) is 9.59 Å². The average molecular weight is 372 g/mol. The van der Waals surface area contributed by atoms with Gasteiger partial charge in [-0.25, -0.2) is 4.79 Å². The molecule has 26 heavy (non-hydrogen) atoms. The van der Waals surface area contributed by atoms with Crippen LogP contribution in [0.25, 0.3) is 10.9 Å². The van der Waals surface area contributed by atoms with Crippen LogP contribution in [0.1, 0.15) is 5.56 Å². The number of para-hydroxylation sites is 1. The van der Waals surface area contributed by atoms with Gasteiger partial charge in [-0.15, -0.1) is 0 Å². The third kappa shape index (κ3) is 4.15. The van der Waals surface area contributed by atoms with Crippen LogP contribution in [-0.2, 0) is 6.42 Å². The number of anilines is 1. The quantitative estimate of drug-likeness (QED) is 0.641. The van der Waals surface area contributed by atoms with Crippen molar-refractivity contribution >= 4 is 34.2 Å². The van der Waals surface area contributed by atoms with Crippen molar-refractivity contribution in [3.05, 3.63) is 69.5 Å². The fourth-order valence-electron chi connectivity index (χ4n) is 2.60. The molecule has 6 nitrogen and oxygen atoms in total. The van der Waals surface area contributed by atoms with Gasteiger partial charge in [0.25, 0.3) is 5.56 Å². The van der Waals surface area contributed by atoms with Crippen molar-refractivity contribution in [2.24, 2.45) is 0 Å². The first-order valence-corrected chi connectivity index (χ1v) is 8.44. The Morgan fingerprint density at radius 3 is 2.69 bits per heavy atom. The van der Waals surface area contributed by atoms with Crippen molar-refractivity contribution in [2.45, 2.75) is 6.42 Å². The summed E-state index contributed by atoms with van der Waals surface area (Å²) in [6.07, 6.45) is 0.401. The molecule has 0 atom stereocenters. The summed E-state index contributed by atoms with van der Waals surface area (Å²) in [6.45, 7) is 0.331. The van der Waals surface area contributed by atoms with Gasteiger partial charge in [-0.2, -0.15) is 0 Å². The molecule has 2 amide bonds. The number of aromatic amines is 1. The number of fused-ring (bicyclic) bond motifs is 1. The highest BCUT2D eigenvalue weighted by Crippen LogP contribution is 2.28. The van der Waals surface area contributed by atoms with Crippen LogP contribution in [0.3, 0.4) is 0 Å². The van der Waals surface area contributed by atoms with Gasteiger partial charge in [0.05, 0.1) is 17.6 Å². The minimum atomic E-state index is -0.318. The Labute approximate surface area is 155 Å². The third-order valence-electron chi connectivity index (χ3n) is 3.91. The molecular formula is C19H18ClN3O3. The van der Waals surface area contributed by atoms with E-state index in [0.29, 0.717) is 40.5 Å². The van der Waals surface area contributed by atoms with Gasteiger partial charge in [0.1, 0.15) is 5.75 Å². The van der Waals surface area contributed by atoms with E-state index >= 15 is 0 Å². The topological polar surface area (TPSA) is 83.2 Å². The number of carbonyl (C=O) groups excluding carboxylic acids is 1. The standard InChI is InChI=1S/C19H18ClN3O3/c1-26-17-10-13-9-12(18(24)23-16(13)11-15(17)20)7-8-21-19(25)22-14-5-3-2-4-6-14/h2-6,9-11H,7-8H2,1H3,(H,23,24)(H2,21,22,25). The highest BCUT2D eigenvalue weighted by atomic mass is 35.5. The summed E-state index contributed by atoms with van der Waals surface area (Å²) in [5.74, 6) is 0.539. The number of carbonyl (C=O) groups is 1. The number of hydrogen-bond acceptors (Lipinski definition) is 3. The lowest BCUT2D eigenvalue weighted by molar-refractivity contribution is 0.252. The molecule has 2 aromatic carbocycles. The van der Waals surface area contributed by atoms with Gasteiger partial charge < -0.3 is 20.4 Å². The number of amides is 2. The van der Waals surface area contributed by atoms with Crippen LogP contribution in [0.2, 0.25) is 5.02 Å². The molecule has 1 heterocycles. The Balaban J connectivity index is 1.67. The molecule has 134 valence electrons. The molecule has 0 aliphatic rings. The van der Waals surface area contributed by atoms with Crippen molar-refractivity contribution in [1.82, 2.24) is 10.3 Å². The van der Waals surface area contributed by atoms with Gasteiger partial charge in [0.2, 0.25) is 0 Å². The molecule has 1 aromatic heterocycles. The van der Waals surface area contributed by atoms with Gasteiger partial charge >= 0.3 is 6.03 Å². The second kappa shape index (κ2) is 7.93. The molecule has 0 saturated heterocycles. The van der Waals surface area contributed by atoms with Crippen LogP contribution in [0.4, 0.5) is 10.5 Å². The third-order valence-corrected chi connectivity index (χ3v) is 4.20. The number of hydrogen-bond donors (Lipinski definition) is 3. The number of methoxy groups -OCH3 is 1. The maximum Gasteiger partial charge on any atom is 0.319 e. The molecule has 0 spiro atoms. The highest BCUT2D eigenvalue weighted by molar-refractivity contribution is 6.32. The lowest BCUT2D eigenvalue weighted by atomic mass is 10.1. The molecule has 0 saturated carbocycles. The molecule has 0 fully saturated rings. The van der Waals surface area contributed by atoms with Gasteiger partial charge in [-0.1, -0.05) is 29.8 Å². The minimum absolute atomic E-state index is 0.205. The Morgan fingerprint density at radius 2 is 1.96 bits per heavy atom. The molecule has 3 N–H and O–H groups in total. The molecule has 0 radical (unpaired) electrons. The predicted octanol–water partition coefficient (Wildman–Crippen LogP) is 3.55. The molecule has 0 unspecified atom stereocenters. The molecule has 0 aliphatic carbocycles. The smallest absolute Gasteiger partial charge is 0.319 e. The number of H-pyrrole nitrogens is 1. The monoisotopic (exact) mass is 371 g/mol. The maximum atomic E-state index is 12.2. The summed E-state index contributed by atoms with van der Waals surface area (Å²) in [5, 5.41) is 6.71. The molecule has 3 aromatic rings. The summed E-state index contributed by atoms with van der Waals surface area (Å²) in [6, 6.07) is 14.0. The fourth-order valence-corrected chi connectivity index (χ4v) is 2.84. The van der Waals surface area contributed by atoms with Gasteiger partial charge in [0, 0.05) is 23.2 Å². The predicted molar refractivity (Wildman–Crippen MR) is 103 cm³/mol. The summed E-state index contributed by atoms with van der Waals surface area (Å²) >= 11 is 6.08. The van der Waals surface area contributed by atoms with Crippen LogP contribution in [0.15, 0.2) is 53.3 Å². The van der Waals surface area contributed by atoms with E-state index in [0.717, 1.165) is 5.39 Å². The second-order valence-corrected chi connectivity index (χ2v) is 6.10. The van der Waals surface area contributed by atoms with Crippen molar-refractivity contribution in [1.29, 1.82) is 0 Å². The Kier molecular flexibility index (Phi) is 5.43. The zero-order valence-electron chi connectivity index (χ0n) is 14.1. The maximum absolute atomic E-state index is 12.2. The van der Waals surface area contributed by atoms with Crippen molar-refractivity contribution < 1.29 is 9.53 Å². The lowest BCUT2D eigenvalue weighted by Gasteiger charge is -2.09. The van der Waals surface area contributed by atoms with Crippen LogP contribution in [0.5, 0.6) is 5.75 Å². The fraction of sp³-hybridized carbons (Fsp3) is 0.158. The Hall–Kier alpha value is -2.99. The number of urea groups is 1. The summed E-state index contributed by atoms with van der Waals surface area (Å²) in [7, 11) is 1.54. The average Bonchev–Trinajstić information content (AvgIpc) is 2.63. The first-order valence-electron chi connectivity index (χ1n) is 8.06. The number of nitrogens with one attached hydrogen (secondary N) is 3. The normalized spacial score (nSPS) is 10.5. The van der Waals surface area contributed by atoms with E-state index in [1.54, 1.807) is 30.3 Å². The van der Waals surface area contributed by atoms with Crippen LogP contribution in [0, 0.1) is 0 Å². The second-order valence-electron chi connectivity index (χ2n) is 5.69.